The van der Waals surface area contributed by atoms with Crippen molar-refractivity contribution in [2.75, 3.05) is 0 Å². The van der Waals surface area contributed by atoms with Crippen molar-refractivity contribution in [1.29, 1.82) is 0 Å². The molecule has 5 aromatic carbocycles. The first-order chi connectivity index (χ1) is 22.1. The van der Waals surface area contributed by atoms with Gasteiger partial charge in [-0.1, -0.05) is 0 Å². The van der Waals surface area contributed by atoms with E-state index in [1.807, 2.05) is 0 Å². The summed E-state index contributed by atoms with van der Waals surface area (Å²) in [5, 5.41) is 131. The largest absolute Gasteiger partial charge is 0.508 e. The van der Waals surface area contributed by atoms with Crippen LogP contribution in [-0.2, 0) is 0 Å². The van der Waals surface area contributed by atoms with Crippen LogP contribution < -0.4 is 18.9 Å². The Morgan fingerprint density at radius 1 is 0.277 bits per heavy atom. The third kappa shape index (κ3) is 6.07. The SMILES string of the molecule is Oc1cc(O)c(Oc2cc(O)c(Oc3cc(O)c(O)c(O)c3Oc3cc(O)c(O)c(Oc4cc(O)c(O)c(O)c4)c3)c(O)c2)c(O)c1. The van der Waals surface area contributed by atoms with E-state index >= 15 is 0 Å². The van der Waals surface area contributed by atoms with E-state index in [0.717, 1.165) is 48.5 Å². The molecule has 0 atom stereocenters. The van der Waals surface area contributed by atoms with E-state index in [1.165, 1.54) is 0 Å². The maximum atomic E-state index is 10.6. The average molecular weight is 654 g/mol. The zero-order valence-electron chi connectivity index (χ0n) is 23.1. The summed E-state index contributed by atoms with van der Waals surface area (Å²) in [4.78, 5) is 0. The summed E-state index contributed by atoms with van der Waals surface area (Å²) in [6.07, 6.45) is 0. The molecule has 5 rings (SSSR count). The number of ether oxygens (including phenoxy) is 4. The average Bonchev–Trinajstić information content (AvgIpc) is 2.98. The van der Waals surface area contributed by atoms with Crippen molar-refractivity contribution >= 4 is 0 Å². The Morgan fingerprint density at radius 2 is 0.681 bits per heavy atom. The van der Waals surface area contributed by atoms with Crippen LogP contribution in [0.4, 0.5) is 0 Å². The molecular formula is C30H22O17. The monoisotopic (exact) mass is 654 g/mol. The first-order valence-corrected chi connectivity index (χ1v) is 12.7. The Bertz CT molecular complexity index is 1970. The van der Waals surface area contributed by atoms with Crippen molar-refractivity contribution in [3.63, 3.8) is 0 Å². The van der Waals surface area contributed by atoms with Crippen LogP contribution in [0.5, 0.6) is 121 Å². The van der Waals surface area contributed by atoms with Gasteiger partial charge in [0.25, 0.3) is 0 Å². The molecule has 0 saturated carbocycles. The highest BCUT2D eigenvalue weighted by atomic mass is 16.5. The molecule has 0 unspecified atom stereocenters. The van der Waals surface area contributed by atoms with Crippen molar-refractivity contribution in [2.24, 2.45) is 0 Å². The quantitative estimate of drug-likeness (QED) is 0.0976. The molecule has 0 fully saturated rings. The third-order valence-electron chi connectivity index (χ3n) is 6.18. The molecule has 244 valence electrons. The summed E-state index contributed by atoms with van der Waals surface area (Å²) in [6.45, 7) is 0. The number of aromatic hydroxyl groups is 13. The van der Waals surface area contributed by atoms with E-state index in [4.69, 9.17) is 18.9 Å². The number of phenolic OH excluding ortho intramolecular Hbond substituents is 13. The number of benzene rings is 5. The Balaban J connectivity index is 1.49. The maximum Gasteiger partial charge on any atom is 0.215 e. The molecule has 0 bridgehead atoms. The molecule has 0 amide bonds. The molecule has 0 aromatic heterocycles. The highest BCUT2D eigenvalue weighted by Gasteiger charge is 2.25. The summed E-state index contributed by atoms with van der Waals surface area (Å²) >= 11 is 0. The fourth-order valence-corrected chi connectivity index (χ4v) is 4.02. The number of phenols is 13. The molecule has 17 heteroatoms. The highest BCUT2D eigenvalue weighted by Crippen LogP contribution is 2.55. The van der Waals surface area contributed by atoms with Gasteiger partial charge in [-0.25, -0.2) is 0 Å². The summed E-state index contributed by atoms with van der Waals surface area (Å²) in [7, 11) is 0. The lowest BCUT2D eigenvalue weighted by molar-refractivity contribution is 0.323. The Labute approximate surface area is 260 Å². The maximum absolute atomic E-state index is 10.6. The molecule has 0 spiro atoms. The molecule has 0 radical (unpaired) electrons. The fraction of sp³-hybridized carbons (Fsp3) is 0. The van der Waals surface area contributed by atoms with E-state index in [2.05, 4.69) is 0 Å². The van der Waals surface area contributed by atoms with Gasteiger partial charge in [0.1, 0.15) is 23.0 Å². The summed E-state index contributed by atoms with van der Waals surface area (Å²) in [6, 6.07) is 7.60. The minimum atomic E-state index is -1.14. The van der Waals surface area contributed by atoms with Gasteiger partial charge in [0.2, 0.25) is 40.2 Å². The van der Waals surface area contributed by atoms with Gasteiger partial charge in [0, 0.05) is 54.6 Å². The Morgan fingerprint density at radius 3 is 1.26 bits per heavy atom. The van der Waals surface area contributed by atoms with Crippen LogP contribution in [0, 0.1) is 0 Å². The topological polar surface area (TPSA) is 300 Å². The van der Waals surface area contributed by atoms with Crippen LogP contribution in [-0.4, -0.2) is 66.4 Å². The van der Waals surface area contributed by atoms with Crippen molar-refractivity contribution in [1.82, 2.24) is 0 Å². The van der Waals surface area contributed by atoms with Crippen LogP contribution in [0.25, 0.3) is 0 Å². The molecule has 0 aliphatic carbocycles. The minimum absolute atomic E-state index is 0.326. The molecule has 0 saturated heterocycles. The van der Waals surface area contributed by atoms with Gasteiger partial charge in [0.15, 0.2) is 57.5 Å². The number of rotatable bonds is 8. The lowest BCUT2D eigenvalue weighted by Gasteiger charge is -2.18. The van der Waals surface area contributed by atoms with Gasteiger partial charge in [-0.2, -0.15) is 0 Å². The summed E-state index contributed by atoms with van der Waals surface area (Å²) in [5.41, 5.74) is 0. The molecule has 0 aliphatic heterocycles. The second-order valence-electron chi connectivity index (χ2n) is 9.53. The minimum Gasteiger partial charge on any atom is -0.508 e. The summed E-state index contributed by atoms with van der Waals surface area (Å²) in [5.74, 6) is -15.2. The first kappa shape index (κ1) is 31.1. The van der Waals surface area contributed by atoms with Gasteiger partial charge < -0.3 is 85.3 Å². The third-order valence-corrected chi connectivity index (χ3v) is 6.18. The predicted octanol–water partition coefficient (Wildman–Crippen LogP) is 5.03. The van der Waals surface area contributed by atoms with E-state index < -0.39 is 109 Å². The van der Waals surface area contributed by atoms with Gasteiger partial charge in [-0.15, -0.1) is 0 Å². The molecule has 0 aliphatic rings. The van der Waals surface area contributed by atoms with Crippen LogP contribution in [0.15, 0.2) is 54.6 Å². The molecule has 13 N–H and O–H groups in total. The predicted molar refractivity (Wildman–Crippen MR) is 154 cm³/mol. The van der Waals surface area contributed by atoms with E-state index in [0.29, 0.717) is 6.07 Å². The smallest absolute Gasteiger partial charge is 0.215 e. The standard InChI is InChI=1S/C30H22O17/c31-10-1-18(36)28(19(37)2-10)45-12-6-20(38)29(21(39)7-12)47-23-9-17(35)26(42)27(43)30(23)46-13-5-16(34)25(41)22(8-13)44-11-3-14(32)24(40)15(33)4-11/h1-9,31-43H. The first-order valence-electron chi connectivity index (χ1n) is 12.7. The van der Waals surface area contributed by atoms with Crippen LogP contribution >= 0.6 is 0 Å². The Kier molecular flexibility index (Phi) is 7.72. The van der Waals surface area contributed by atoms with E-state index in [-0.39, 0.29) is 11.5 Å². The van der Waals surface area contributed by atoms with Crippen LogP contribution in [0.2, 0.25) is 0 Å². The Hall–Kier alpha value is -7.30. The van der Waals surface area contributed by atoms with Gasteiger partial charge in [0.05, 0.1) is 0 Å². The lowest BCUT2D eigenvalue weighted by atomic mass is 10.2. The van der Waals surface area contributed by atoms with Crippen molar-refractivity contribution < 1.29 is 85.3 Å². The molecule has 17 nitrogen and oxygen atoms in total. The fourth-order valence-electron chi connectivity index (χ4n) is 4.02. The van der Waals surface area contributed by atoms with Gasteiger partial charge >= 0.3 is 0 Å². The van der Waals surface area contributed by atoms with Gasteiger partial charge in [-0.05, 0) is 0 Å². The van der Waals surface area contributed by atoms with Crippen molar-refractivity contribution in [2.45, 2.75) is 0 Å². The zero-order chi connectivity index (χ0) is 34.3. The van der Waals surface area contributed by atoms with Crippen LogP contribution in [0.3, 0.4) is 0 Å². The number of hydrogen-bond acceptors (Lipinski definition) is 17. The normalized spacial score (nSPS) is 10.8. The second kappa shape index (κ2) is 11.7. The van der Waals surface area contributed by atoms with Gasteiger partial charge in [-0.3, -0.25) is 0 Å². The molecule has 47 heavy (non-hydrogen) atoms. The van der Waals surface area contributed by atoms with E-state index in [1.54, 1.807) is 0 Å². The molecular weight excluding hydrogens is 632 g/mol. The zero-order valence-corrected chi connectivity index (χ0v) is 23.1. The van der Waals surface area contributed by atoms with E-state index in [9.17, 15) is 66.4 Å². The summed E-state index contributed by atoms with van der Waals surface area (Å²) < 4.78 is 21.7. The van der Waals surface area contributed by atoms with Crippen LogP contribution in [0.1, 0.15) is 0 Å². The molecule has 0 heterocycles. The van der Waals surface area contributed by atoms with Crippen molar-refractivity contribution in [3.05, 3.63) is 54.6 Å². The van der Waals surface area contributed by atoms with Crippen molar-refractivity contribution in [3.8, 4) is 121 Å². The molecule has 5 aromatic rings. The second-order valence-corrected chi connectivity index (χ2v) is 9.53. The number of hydrogen-bond donors (Lipinski definition) is 13. The lowest BCUT2D eigenvalue weighted by Crippen LogP contribution is -1.94. The highest BCUT2D eigenvalue weighted by molar-refractivity contribution is 5.68.